The third kappa shape index (κ3) is 3.10. The second-order valence-electron chi connectivity index (χ2n) is 2.72. The van der Waals surface area contributed by atoms with Crippen LogP contribution in [0.2, 0.25) is 0 Å². The summed E-state index contributed by atoms with van der Waals surface area (Å²) in [5, 5.41) is 44.7. The Hall–Kier alpha value is 0.183. The van der Waals surface area contributed by atoms with Crippen LogP contribution in [-0.2, 0) is 26.6 Å². The van der Waals surface area contributed by atoms with Crippen molar-refractivity contribution in [2.75, 3.05) is 6.61 Å². The fourth-order valence-electron chi connectivity index (χ4n) is 1.08. The summed E-state index contributed by atoms with van der Waals surface area (Å²) in [6, 6.07) is 0. The van der Waals surface area contributed by atoms with Crippen molar-refractivity contribution in [1.82, 2.24) is 0 Å². The molecule has 0 bridgehead atoms. The van der Waals surface area contributed by atoms with Gasteiger partial charge >= 0.3 is 21.8 Å². The molecule has 8 heteroatoms. The van der Waals surface area contributed by atoms with Crippen LogP contribution in [0.1, 0.15) is 0 Å². The molecule has 0 aromatic carbocycles. The minimum absolute atomic E-state index is 0.125. The Morgan fingerprint density at radius 1 is 1.00 bits per heavy atom. The summed E-state index contributed by atoms with van der Waals surface area (Å²) in [6.07, 6.45) is -7.04. The maximum absolute atomic E-state index is 9.12. The molecule has 80 valence electrons. The molecule has 0 aromatic rings. The summed E-state index contributed by atoms with van der Waals surface area (Å²) in [5.74, 6) is 0. The fourth-order valence-corrected chi connectivity index (χ4v) is 1.08. The molecule has 0 aromatic heterocycles. The van der Waals surface area contributed by atoms with Crippen LogP contribution in [0.3, 0.4) is 0 Å². The summed E-state index contributed by atoms with van der Waals surface area (Å²) in [7, 11) is 0. The van der Waals surface area contributed by atoms with E-state index in [0.29, 0.717) is 0 Å². The molecule has 1 saturated heterocycles. The predicted octanol–water partition coefficient (Wildman–Crippen LogP) is -3.34. The van der Waals surface area contributed by atoms with Gasteiger partial charge in [0, 0.05) is 0 Å². The van der Waals surface area contributed by atoms with Gasteiger partial charge in [0.25, 0.3) is 0 Å². The second-order valence-corrected chi connectivity index (χ2v) is 2.72. The van der Waals surface area contributed by atoms with Gasteiger partial charge in [0.1, 0.15) is 24.4 Å². The molecular formula is C6H12O7Zn. The van der Waals surface area contributed by atoms with Crippen LogP contribution >= 0.6 is 0 Å². The first kappa shape index (κ1) is 14.2. The van der Waals surface area contributed by atoms with Crippen molar-refractivity contribution in [3.63, 3.8) is 0 Å². The van der Waals surface area contributed by atoms with Crippen LogP contribution in [0.25, 0.3) is 0 Å². The molecule has 5 N–H and O–H groups in total. The van der Waals surface area contributed by atoms with Crippen molar-refractivity contribution >= 4 is 0 Å². The summed E-state index contributed by atoms with van der Waals surface area (Å²) < 4.78 is 13.0. The predicted molar refractivity (Wildman–Crippen MR) is 36.7 cm³/mol. The van der Waals surface area contributed by atoms with Gasteiger partial charge in [0.2, 0.25) is 0 Å². The molecule has 0 spiro atoms. The van der Waals surface area contributed by atoms with Gasteiger partial charge in [-0.1, -0.05) is 0 Å². The van der Waals surface area contributed by atoms with Crippen LogP contribution in [0.5, 0.6) is 0 Å². The van der Waals surface area contributed by atoms with Gasteiger partial charge in [-0.3, -0.25) is 0 Å². The number of ether oxygens (including phenoxy) is 1. The molecule has 1 unspecified atom stereocenters. The van der Waals surface area contributed by atoms with Crippen LogP contribution < -0.4 is 0 Å². The van der Waals surface area contributed by atoms with Crippen molar-refractivity contribution in [3.8, 4) is 0 Å². The average Bonchev–Trinajstić information content (AvgIpc) is 2.23. The molecule has 1 aliphatic rings. The molecule has 5 atom stereocenters. The second kappa shape index (κ2) is 6.63. The van der Waals surface area contributed by atoms with Crippen LogP contribution in [0.15, 0.2) is 0 Å². The van der Waals surface area contributed by atoms with E-state index in [2.05, 4.69) is 4.74 Å². The van der Waals surface area contributed by atoms with Gasteiger partial charge < -0.3 is 30.3 Å². The summed E-state index contributed by atoms with van der Waals surface area (Å²) in [6.45, 7) is -0.526. The van der Waals surface area contributed by atoms with E-state index in [-0.39, 0.29) is 18.3 Å². The number of aliphatic hydroxyl groups excluding tert-OH is 5. The first-order valence-electron chi connectivity index (χ1n) is 3.85. The molecule has 0 aliphatic carbocycles. The number of rotatable bonds is 1. The van der Waals surface area contributed by atoms with Crippen molar-refractivity contribution in [3.05, 3.63) is 0 Å². The van der Waals surface area contributed by atoms with E-state index in [9.17, 15) is 0 Å². The number of aliphatic hydroxyl groups is 5. The molecule has 1 rings (SSSR count). The monoisotopic (exact) mass is 260 g/mol. The first-order valence-corrected chi connectivity index (χ1v) is 5.06. The SMILES string of the molecule is OC[C@H]1OC(O)[C@H](O)[C@@H](O)[C@@H]1O.[O]=[Zn]. The Bertz CT molecular complexity index is 164. The third-order valence-electron chi connectivity index (χ3n) is 1.87. The summed E-state index contributed by atoms with van der Waals surface area (Å²) in [5.41, 5.74) is 0. The standard InChI is InChI=1S/C6H12O6.O.Zn/c7-1-2-3(8)4(9)5(10)6(11)12-2;;/h2-11H,1H2;;/t2-,3-,4+,5-,6?;;/m1../s1. The maximum atomic E-state index is 9.12. The van der Waals surface area contributed by atoms with Crippen LogP contribution in [0, 0.1) is 0 Å². The van der Waals surface area contributed by atoms with Gasteiger partial charge in [-0.05, 0) is 0 Å². The van der Waals surface area contributed by atoms with Gasteiger partial charge in [0.15, 0.2) is 6.29 Å². The molecule has 0 amide bonds. The molecule has 7 nitrogen and oxygen atoms in total. The van der Waals surface area contributed by atoms with Gasteiger partial charge in [-0.25, -0.2) is 0 Å². The number of hydrogen-bond donors (Lipinski definition) is 5. The van der Waals surface area contributed by atoms with E-state index < -0.39 is 37.3 Å². The van der Waals surface area contributed by atoms with Crippen LogP contribution in [-0.4, -0.2) is 62.8 Å². The van der Waals surface area contributed by atoms with Crippen molar-refractivity contribution in [2.24, 2.45) is 0 Å². The molecule has 0 radical (unpaired) electrons. The van der Waals surface area contributed by atoms with E-state index in [1.54, 1.807) is 0 Å². The van der Waals surface area contributed by atoms with E-state index in [4.69, 9.17) is 29.1 Å². The molecule has 1 aliphatic heterocycles. The molecule has 1 heterocycles. The van der Waals surface area contributed by atoms with Gasteiger partial charge in [-0.2, -0.15) is 0 Å². The van der Waals surface area contributed by atoms with Crippen molar-refractivity contribution < 1.29 is 52.1 Å². The average molecular weight is 262 g/mol. The quantitative estimate of drug-likeness (QED) is 0.312. The van der Waals surface area contributed by atoms with E-state index in [1.807, 2.05) is 0 Å². The zero-order valence-electron chi connectivity index (χ0n) is 7.35. The summed E-state index contributed by atoms with van der Waals surface area (Å²) >= 11 is 0.125. The van der Waals surface area contributed by atoms with Crippen molar-refractivity contribution in [2.45, 2.75) is 30.7 Å². The Morgan fingerprint density at radius 3 is 1.93 bits per heavy atom. The Morgan fingerprint density at radius 2 is 1.50 bits per heavy atom. The van der Waals surface area contributed by atoms with E-state index in [1.165, 1.54) is 0 Å². The van der Waals surface area contributed by atoms with Gasteiger partial charge in [-0.15, -0.1) is 0 Å². The fraction of sp³-hybridized carbons (Fsp3) is 1.00. The molecular weight excluding hydrogens is 249 g/mol. The molecule has 14 heavy (non-hydrogen) atoms. The first-order chi connectivity index (χ1) is 6.57. The number of hydrogen-bond acceptors (Lipinski definition) is 7. The zero-order chi connectivity index (χ0) is 11.3. The van der Waals surface area contributed by atoms with Crippen molar-refractivity contribution in [1.29, 1.82) is 0 Å². The Kier molecular flexibility index (Phi) is 6.71. The van der Waals surface area contributed by atoms with E-state index >= 15 is 0 Å². The Balaban J connectivity index is 0.000000791. The molecule has 1 fully saturated rings. The normalized spacial score (nSPS) is 42.6. The zero-order valence-corrected chi connectivity index (χ0v) is 10.3. The summed E-state index contributed by atoms with van der Waals surface area (Å²) in [4.78, 5) is 0. The minimum atomic E-state index is -1.57. The third-order valence-corrected chi connectivity index (χ3v) is 1.87. The topological polar surface area (TPSA) is 127 Å². The van der Waals surface area contributed by atoms with Gasteiger partial charge in [0.05, 0.1) is 6.61 Å². The molecule has 0 saturated carbocycles. The van der Waals surface area contributed by atoms with Crippen LogP contribution in [0.4, 0.5) is 0 Å². The Labute approximate surface area is 89.9 Å². The van der Waals surface area contributed by atoms with E-state index in [0.717, 1.165) is 0 Å².